The minimum absolute atomic E-state index is 0.0652. The number of hydrogen-bond acceptors (Lipinski definition) is 5. The van der Waals surface area contributed by atoms with E-state index in [2.05, 4.69) is 72.0 Å². The first-order chi connectivity index (χ1) is 14.2. The first-order valence-corrected chi connectivity index (χ1v) is 13.0. The van der Waals surface area contributed by atoms with Crippen LogP contribution < -0.4 is 0 Å². The van der Waals surface area contributed by atoms with Gasteiger partial charge in [0.2, 0.25) is 0 Å². The lowest BCUT2D eigenvalue weighted by atomic mass is 9.94. The molecule has 0 aromatic rings. The van der Waals surface area contributed by atoms with Crippen LogP contribution in [-0.4, -0.2) is 78.7 Å². The number of piperidine rings is 2. The average Bonchev–Trinajstić information content (AvgIpc) is 2.72. The third kappa shape index (κ3) is 20.8. The number of likely N-dealkylation sites (tertiary alicyclic amines) is 2. The van der Waals surface area contributed by atoms with Crippen LogP contribution in [0.25, 0.3) is 0 Å². The number of aliphatic carboxylic acids is 1. The van der Waals surface area contributed by atoms with E-state index in [1.165, 1.54) is 24.4 Å². The highest BCUT2D eigenvalue weighted by Gasteiger charge is 2.19. The third-order valence-electron chi connectivity index (χ3n) is 5.01. The molecule has 0 aliphatic carbocycles. The number of alkyl halides is 1. The molecule has 0 radical (unpaired) electrons. The summed E-state index contributed by atoms with van der Waals surface area (Å²) in [5, 5.41) is 8.52. The van der Waals surface area contributed by atoms with E-state index in [-0.39, 0.29) is 5.97 Å². The molecule has 2 aliphatic rings. The standard InChI is InChI=1S/C9H17NO2.C8H15NO2.C3H7I.C3H8/c1-10-5-3-8(4-6-10)7-9(11)12-2;1-9-4-2-7(3-5-9)6-8(10)11;1-2-3-4;1-3-2/h8H,3-7H2,1-2H3;7H,2-6H2,1H3,(H,10,11);2-3H2,1H3;3H2,1-2H3. The summed E-state index contributed by atoms with van der Waals surface area (Å²) >= 11 is 2.35. The number of halogens is 1. The smallest absolute Gasteiger partial charge is 0.305 e. The molecule has 0 aromatic carbocycles. The lowest BCUT2D eigenvalue weighted by molar-refractivity contribution is -0.142. The van der Waals surface area contributed by atoms with E-state index >= 15 is 0 Å². The minimum Gasteiger partial charge on any atom is -0.481 e. The fraction of sp³-hybridized carbons (Fsp3) is 0.913. The Kier molecular flexibility index (Phi) is 23.1. The number of carboxylic acids is 1. The Morgan fingerprint density at radius 3 is 1.50 bits per heavy atom. The molecule has 0 amide bonds. The maximum atomic E-state index is 10.9. The summed E-state index contributed by atoms with van der Waals surface area (Å²) in [4.78, 5) is 25.8. The zero-order valence-corrected chi connectivity index (χ0v) is 22.4. The van der Waals surface area contributed by atoms with E-state index in [4.69, 9.17) is 5.11 Å². The quantitative estimate of drug-likeness (QED) is 0.302. The van der Waals surface area contributed by atoms with Gasteiger partial charge >= 0.3 is 11.9 Å². The van der Waals surface area contributed by atoms with Gasteiger partial charge in [-0.3, -0.25) is 9.59 Å². The van der Waals surface area contributed by atoms with Crippen molar-refractivity contribution in [2.45, 2.75) is 72.1 Å². The summed E-state index contributed by atoms with van der Waals surface area (Å²) < 4.78 is 5.92. The molecule has 2 saturated heterocycles. The second kappa shape index (κ2) is 21.8. The molecule has 0 atom stereocenters. The molecule has 0 aromatic heterocycles. The van der Waals surface area contributed by atoms with Gasteiger partial charge in [-0.05, 0) is 88.6 Å². The van der Waals surface area contributed by atoms with Crippen LogP contribution in [0.2, 0.25) is 0 Å². The number of methoxy groups -OCH3 is 1. The molecular weight excluding hydrogens is 495 g/mol. The maximum Gasteiger partial charge on any atom is 0.305 e. The van der Waals surface area contributed by atoms with Crippen molar-refractivity contribution in [3.05, 3.63) is 0 Å². The fourth-order valence-electron chi connectivity index (χ4n) is 3.10. The van der Waals surface area contributed by atoms with Crippen LogP contribution >= 0.6 is 22.6 Å². The lowest BCUT2D eigenvalue weighted by Gasteiger charge is -2.28. The zero-order chi connectivity index (χ0) is 23.4. The Labute approximate surface area is 199 Å². The van der Waals surface area contributed by atoms with Crippen molar-refractivity contribution >= 4 is 34.5 Å². The van der Waals surface area contributed by atoms with Gasteiger partial charge in [-0.15, -0.1) is 0 Å². The molecule has 7 heteroatoms. The molecule has 2 rings (SSSR count). The maximum absolute atomic E-state index is 10.9. The van der Waals surface area contributed by atoms with Gasteiger partial charge in [-0.2, -0.15) is 0 Å². The summed E-state index contributed by atoms with van der Waals surface area (Å²) in [5.41, 5.74) is 0. The largest absolute Gasteiger partial charge is 0.481 e. The Balaban J connectivity index is 0. The van der Waals surface area contributed by atoms with Crippen molar-refractivity contribution in [3.63, 3.8) is 0 Å². The predicted octanol–water partition coefficient (Wildman–Crippen LogP) is 4.94. The van der Waals surface area contributed by atoms with E-state index in [0.29, 0.717) is 24.7 Å². The van der Waals surface area contributed by atoms with Crippen molar-refractivity contribution in [2.24, 2.45) is 11.8 Å². The van der Waals surface area contributed by atoms with Crippen molar-refractivity contribution < 1.29 is 19.4 Å². The van der Waals surface area contributed by atoms with Gasteiger partial charge in [0.25, 0.3) is 0 Å². The lowest BCUT2D eigenvalue weighted by Crippen LogP contribution is -2.31. The molecular formula is C23H47IN2O4. The van der Waals surface area contributed by atoms with Crippen LogP contribution in [-0.2, 0) is 14.3 Å². The van der Waals surface area contributed by atoms with Crippen LogP contribution in [0.4, 0.5) is 0 Å². The van der Waals surface area contributed by atoms with Crippen LogP contribution in [0.1, 0.15) is 72.1 Å². The number of carboxylic acid groups (broad SMARTS) is 1. The Morgan fingerprint density at radius 1 is 0.900 bits per heavy atom. The van der Waals surface area contributed by atoms with E-state index in [1.807, 2.05) is 0 Å². The number of ether oxygens (including phenoxy) is 1. The van der Waals surface area contributed by atoms with E-state index in [1.54, 1.807) is 0 Å². The molecule has 0 saturated carbocycles. The summed E-state index contributed by atoms with van der Waals surface area (Å²) in [6.45, 7) is 10.8. The highest BCUT2D eigenvalue weighted by Crippen LogP contribution is 2.20. The molecule has 1 N–H and O–H groups in total. The minimum atomic E-state index is -0.653. The van der Waals surface area contributed by atoms with Crippen LogP contribution in [0.15, 0.2) is 0 Å². The third-order valence-corrected chi connectivity index (χ3v) is 6.09. The summed E-state index contributed by atoms with van der Waals surface area (Å²) in [6.07, 6.45) is 7.86. The molecule has 2 heterocycles. The fourth-order valence-corrected chi connectivity index (χ4v) is 3.10. The number of esters is 1. The highest BCUT2D eigenvalue weighted by molar-refractivity contribution is 14.1. The van der Waals surface area contributed by atoms with Gasteiger partial charge < -0.3 is 19.6 Å². The molecule has 0 bridgehead atoms. The average molecular weight is 543 g/mol. The van der Waals surface area contributed by atoms with Crippen LogP contribution in [0, 0.1) is 11.8 Å². The molecule has 2 fully saturated rings. The van der Waals surface area contributed by atoms with Crippen molar-refractivity contribution in [1.29, 1.82) is 0 Å². The van der Waals surface area contributed by atoms with Gasteiger partial charge in [-0.25, -0.2) is 0 Å². The summed E-state index contributed by atoms with van der Waals surface area (Å²) in [7, 11) is 5.66. The summed E-state index contributed by atoms with van der Waals surface area (Å²) in [5.74, 6) is 0.251. The van der Waals surface area contributed by atoms with Gasteiger partial charge in [0.1, 0.15) is 0 Å². The van der Waals surface area contributed by atoms with Gasteiger partial charge in [0.15, 0.2) is 0 Å². The molecule has 180 valence electrons. The number of carbonyl (C=O) groups excluding carboxylic acids is 1. The van der Waals surface area contributed by atoms with Crippen LogP contribution in [0.3, 0.4) is 0 Å². The number of carbonyl (C=O) groups is 2. The Bertz CT molecular complexity index is 406. The molecule has 0 unspecified atom stereocenters. The highest BCUT2D eigenvalue weighted by atomic mass is 127. The van der Waals surface area contributed by atoms with E-state index < -0.39 is 5.97 Å². The molecule has 30 heavy (non-hydrogen) atoms. The van der Waals surface area contributed by atoms with Gasteiger partial charge in [0, 0.05) is 12.8 Å². The predicted molar refractivity (Wildman–Crippen MR) is 134 cm³/mol. The SMILES string of the molecule is CCC.CCCI.CN1CCC(CC(=O)O)CC1.COC(=O)CC1CCN(C)CC1. The van der Waals surface area contributed by atoms with Crippen molar-refractivity contribution in [1.82, 2.24) is 9.80 Å². The summed E-state index contributed by atoms with van der Waals surface area (Å²) in [6, 6.07) is 0. The monoisotopic (exact) mass is 542 g/mol. The van der Waals surface area contributed by atoms with Gasteiger partial charge in [0.05, 0.1) is 7.11 Å². The molecule has 2 aliphatic heterocycles. The first-order valence-electron chi connectivity index (χ1n) is 11.4. The van der Waals surface area contributed by atoms with E-state index in [9.17, 15) is 9.59 Å². The second-order valence-corrected chi connectivity index (χ2v) is 9.35. The number of nitrogens with zero attached hydrogens (tertiary/aromatic N) is 2. The number of rotatable bonds is 5. The van der Waals surface area contributed by atoms with Gasteiger partial charge in [-0.1, -0.05) is 49.8 Å². The topological polar surface area (TPSA) is 70.1 Å². The molecule has 6 nitrogen and oxygen atoms in total. The Morgan fingerprint density at radius 2 is 1.23 bits per heavy atom. The van der Waals surface area contributed by atoms with E-state index in [0.717, 1.165) is 51.9 Å². The normalized spacial score (nSPS) is 18.0. The Hall–Kier alpha value is -0.410. The zero-order valence-electron chi connectivity index (χ0n) is 20.3. The molecule has 0 spiro atoms. The van der Waals surface area contributed by atoms with Crippen molar-refractivity contribution in [2.75, 3.05) is 51.8 Å². The van der Waals surface area contributed by atoms with Crippen LogP contribution in [0.5, 0.6) is 0 Å². The second-order valence-electron chi connectivity index (χ2n) is 8.27. The number of hydrogen-bond donors (Lipinski definition) is 1. The first kappa shape index (κ1) is 31.8. The van der Waals surface area contributed by atoms with Crippen molar-refractivity contribution in [3.8, 4) is 0 Å².